The monoisotopic (exact) mass is 298 g/mol. The summed E-state index contributed by atoms with van der Waals surface area (Å²) in [5, 5.41) is 11.7. The number of hydrogen-bond acceptors (Lipinski definition) is 3. The molecule has 0 radical (unpaired) electrons. The molecule has 0 saturated heterocycles. The number of thioether (sulfide) groups is 1. The number of benzene rings is 1. The summed E-state index contributed by atoms with van der Waals surface area (Å²) < 4.78 is 26.4. The zero-order valence-corrected chi connectivity index (χ0v) is 12.4. The van der Waals surface area contributed by atoms with Gasteiger partial charge in [-0.15, -0.1) is 11.8 Å². The van der Waals surface area contributed by atoms with Crippen molar-refractivity contribution in [3.05, 3.63) is 29.8 Å². The van der Waals surface area contributed by atoms with Crippen molar-refractivity contribution in [1.82, 2.24) is 5.32 Å². The van der Waals surface area contributed by atoms with Crippen LogP contribution < -0.4 is 5.32 Å². The number of nitriles is 1. The van der Waals surface area contributed by atoms with Crippen LogP contribution in [0.5, 0.6) is 0 Å². The molecule has 0 spiro atoms. The van der Waals surface area contributed by atoms with Crippen molar-refractivity contribution >= 4 is 17.7 Å². The topological polar surface area (TPSA) is 52.9 Å². The summed E-state index contributed by atoms with van der Waals surface area (Å²) in [6.45, 7) is 5.27. The molecule has 1 aromatic carbocycles. The first-order chi connectivity index (χ1) is 9.28. The molecule has 1 rings (SSSR count). The number of carbonyl (C=O) groups is 1. The average molecular weight is 298 g/mol. The summed E-state index contributed by atoms with van der Waals surface area (Å²) in [7, 11) is 0. The molecule has 1 amide bonds. The SMILES string of the molecule is CC(C)[C@](C)(C#N)NC(=O)CSc1cc(F)ccc1F. The van der Waals surface area contributed by atoms with E-state index < -0.39 is 23.1 Å². The lowest BCUT2D eigenvalue weighted by Gasteiger charge is -2.27. The minimum atomic E-state index is -0.974. The molecule has 0 fully saturated rings. The highest BCUT2D eigenvalue weighted by Crippen LogP contribution is 2.23. The van der Waals surface area contributed by atoms with Gasteiger partial charge in [0.15, 0.2) is 0 Å². The first-order valence-electron chi connectivity index (χ1n) is 6.08. The molecule has 0 heterocycles. The third-order valence-electron chi connectivity index (χ3n) is 3.04. The van der Waals surface area contributed by atoms with Gasteiger partial charge in [0.1, 0.15) is 17.2 Å². The Morgan fingerprint density at radius 3 is 2.70 bits per heavy atom. The Morgan fingerprint density at radius 2 is 2.15 bits per heavy atom. The Balaban J connectivity index is 2.65. The van der Waals surface area contributed by atoms with E-state index in [1.807, 2.05) is 13.8 Å². The summed E-state index contributed by atoms with van der Waals surface area (Å²) in [5.74, 6) is -1.66. The maximum Gasteiger partial charge on any atom is 0.231 e. The normalized spacial score (nSPS) is 13.7. The van der Waals surface area contributed by atoms with Gasteiger partial charge in [0.05, 0.1) is 11.8 Å². The molecule has 108 valence electrons. The van der Waals surface area contributed by atoms with E-state index >= 15 is 0 Å². The van der Waals surface area contributed by atoms with Gasteiger partial charge in [0.25, 0.3) is 0 Å². The van der Waals surface area contributed by atoms with Gasteiger partial charge in [0.2, 0.25) is 5.91 Å². The molecule has 6 heteroatoms. The Kier molecular flexibility index (Phi) is 5.52. The second-order valence-corrected chi connectivity index (χ2v) is 5.90. The number of amides is 1. The fourth-order valence-electron chi connectivity index (χ4n) is 1.36. The zero-order valence-electron chi connectivity index (χ0n) is 11.5. The first-order valence-corrected chi connectivity index (χ1v) is 7.07. The smallest absolute Gasteiger partial charge is 0.231 e. The Labute approximate surface area is 121 Å². The molecule has 0 aliphatic carbocycles. The van der Waals surface area contributed by atoms with Crippen LogP contribution in [0.25, 0.3) is 0 Å². The van der Waals surface area contributed by atoms with E-state index in [-0.39, 0.29) is 16.6 Å². The molecule has 0 bridgehead atoms. The van der Waals surface area contributed by atoms with Gasteiger partial charge in [-0.05, 0) is 31.0 Å². The van der Waals surface area contributed by atoms with Gasteiger partial charge in [-0.1, -0.05) is 13.8 Å². The molecule has 1 N–H and O–H groups in total. The summed E-state index contributed by atoms with van der Waals surface area (Å²) in [6, 6.07) is 5.13. The summed E-state index contributed by atoms with van der Waals surface area (Å²) in [4.78, 5) is 11.9. The average Bonchev–Trinajstić information content (AvgIpc) is 2.39. The molecule has 0 aromatic heterocycles. The minimum Gasteiger partial charge on any atom is -0.337 e. The summed E-state index contributed by atoms with van der Waals surface area (Å²) in [6.07, 6.45) is 0. The highest BCUT2D eigenvalue weighted by molar-refractivity contribution is 8.00. The molecule has 0 unspecified atom stereocenters. The van der Waals surface area contributed by atoms with Crippen LogP contribution in [0.3, 0.4) is 0 Å². The molecule has 3 nitrogen and oxygen atoms in total. The van der Waals surface area contributed by atoms with E-state index in [0.717, 1.165) is 30.0 Å². The van der Waals surface area contributed by atoms with Crippen LogP contribution in [0.4, 0.5) is 8.78 Å². The van der Waals surface area contributed by atoms with Crippen molar-refractivity contribution in [2.75, 3.05) is 5.75 Å². The molecule has 1 atom stereocenters. The fourth-order valence-corrected chi connectivity index (χ4v) is 2.12. The lowest BCUT2D eigenvalue weighted by molar-refractivity contribution is -0.120. The van der Waals surface area contributed by atoms with Crippen molar-refractivity contribution in [2.24, 2.45) is 5.92 Å². The summed E-state index contributed by atoms with van der Waals surface area (Å²) in [5.41, 5.74) is -0.974. The highest BCUT2D eigenvalue weighted by Gasteiger charge is 2.29. The van der Waals surface area contributed by atoms with E-state index in [1.165, 1.54) is 0 Å². The molecule has 0 saturated carbocycles. The van der Waals surface area contributed by atoms with E-state index in [9.17, 15) is 13.6 Å². The molecule has 0 aliphatic rings. The van der Waals surface area contributed by atoms with E-state index in [1.54, 1.807) is 6.92 Å². The first kappa shape index (κ1) is 16.4. The van der Waals surface area contributed by atoms with E-state index in [2.05, 4.69) is 11.4 Å². The lowest BCUT2D eigenvalue weighted by Crippen LogP contribution is -2.49. The zero-order chi connectivity index (χ0) is 15.3. The van der Waals surface area contributed by atoms with Crippen LogP contribution >= 0.6 is 11.8 Å². The molecular weight excluding hydrogens is 282 g/mol. The van der Waals surface area contributed by atoms with Crippen LogP contribution in [-0.4, -0.2) is 17.2 Å². The van der Waals surface area contributed by atoms with Gasteiger partial charge >= 0.3 is 0 Å². The Hall–Kier alpha value is -1.61. The van der Waals surface area contributed by atoms with E-state index in [0.29, 0.717) is 0 Å². The van der Waals surface area contributed by atoms with Gasteiger partial charge in [-0.3, -0.25) is 4.79 Å². The Morgan fingerprint density at radius 1 is 1.50 bits per heavy atom. The van der Waals surface area contributed by atoms with E-state index in [4.69, 9.17) is 5.26 Å². The largest absolute Gasteiger partial charge is 0.337 e. The fraction of sp³-hybridized carbons (Fsp3) is 0.429. The number of hydrogen-bond donors (Lipinski definition) is 1. The number of nitrogens with one attached hydrogen (secondary N) is 1. The van der Waals surface area contributed by atoms with Crippen molar-refractivity contribution < 1.29 is 13.6 Å². The predicted molar refractivity (Wildman–Crippen MR) is 74.1 cm³/mol. The number of nitrogens with zero attached hydrogens (tertiary/aromatic N) is 1. The standard InChI is InChI=1S/C14H16F2N2OS/c1-9(2)14(3,8-17)18-13(19)7-20-12-6-10(15)4-5-11(12)16/h4-6,9H,7H2,1-3H3,(H,18,19)/t14-/m0/s1. The second-order valence-electron chi connectivity index (χ2n) is 4.88. The predicted octanol–water partition coefficient (Wildman–Crippen LogP) is 3.11. The van der Waals surface area contributed by atoms with Crippen molar-refractivity contribution in [2.45, 2.75) is 31.2 Å². The molecule has 20 heavy (non-hydrogen) atoms. The molecule has 1 aromatic rings. The van der Waals surface area contributed by atoms with Gasteiger partial charge in [0, 0.05) is 4.90 Å². The number of carbonyl (C=O) groups excluding carboxylic acids is 1. The second kappa shape index (κ2) is 6.71. The highest BCUT2D eigenvalue weighted by atomic mass is 32.2. The lowest BCUT2D eigenvalue weighted by atomic mass is 9.90. The van der Waals surface area contributed by atoms with Crippen molar-refractivity contribution in [3.8, 4) is 6.07 Å². The molecule has 0 aliphatic heterocycles. The van der Waals surface area contributed by atoms with Crippen LogP contribution in [-0.2, 0) is 4.79 Å². The van der Waals surface area contributed by atoms with Crippen LogP contribution in [0.1, 0.15) is 20.8 Å². The van der Waals surface area contributed by atoms with Crippen LogP contribution in [0.2, 0.25) is 0 Å². The van der Waals surface area contributed by atoms with Crippen LogP contribution in [0.15, 0.2) is 23.1 Å². The molecular formula is C14H16F2N2OS. The summed E-state index contributed by atoms with van der Waals surface area (Å²) >= 11 is 0.896. The third kappa shape index (κ3) is 4.20. The maximum absolute atomic E-state index is 13.4. The number of halogens is 2. The van der Waals surface area contributed by atoms with Crippen LogP contribution in [0, 0.1) is 28.9 Å². The van der Waals surface area contributed by atoms with Crippen molar-refractivity contribution in [1.29, 1.82) is 5.26 Å². The minimum absolute atomic E-state index is 0.0626. The van der Waals surface area contributed by atoms with Gasteiger partial charge < -0.3 is 5.32 Å². The van der Waals surface area contributed by atoms with Gasteiger partial charge in [-0.25, -0.2) is 8.78 Å². The maximum atomic E-state index is 13.4. The number of rotatable bonds is 5. The third-order valence-corrected chi connectivity index (χ3v) is 4.07. The van der Waals surface area contributed by atoms with Gasteiger partial charge in [-0.2, -0.15) is 5.26 Å². The van der Waals surface area contributed by atoms with Crippen molar-refractivity contribution in [3.63, 3.8) is 0 Å². The Bertz CT molecular complexity index is 542. The quantitative estimate of drug-likeness (QED) is 0.850.